The second kappa shape index (κ2) is 5.07. The Bertz CT molecular complexity index is 933. The third kappa shape index (κ3) is 2.14. The molecule has 0 bridgehead atoms. The minimum atomic E-state index is -0.830. The van der Waals surface area contributed by atoms with Crippen LogP contribution in [-0.4, -0.2) is 21.9 Å². The lowest BCUT2D eigenvalue weighted by molar-refractivity contribution is 0.409. The first kappa shape index (κ1) is 13.9. The summed E-state index contributed by atoms with van der Waals surface area (Å²) >= 11 is 0. The van der Waals surface area contributed by atoms with Crippen molar-refractivity contribution in [1.82, 2.24) is 4.57 Å². The van der Waals surface area contributed by atoms with E-state index in [0.717, 1.165) is 12.1 Å². The van der Waals surface area contributed by atoms with E-state index in [1.165, 1.54) is 30.0 Å². The number of aromatic nitrogens is 1. The first-order chi connectivity index (χ1) is 10.5. The number of phenols is 2. The number of rotatable bonds is 2. The van der Waals surface area contributed by atoms with Gasteiger partial charge >= 0.3 is 0 Å². The molecule has 3 rings (SSSR count). The van der Waals surface area contributed by atoms with Gasteiger partial charge in [-0.3, -0.25) is 9.36 Å². The van der Waals surface area contributed by atoms with Crippen LogP contribution in [0.25, 0.3) is 16.5 Å². The Morgan fingerprint density at radius 3 is 2.55 bits per heavy atom. The molecule has 0 radical (unpaired) electrons. The molecule has 112 valence electrons. The second-order valence-electron chi connectivity index (χ2n) is 4.74. The fourth-order valence-electron chi connectivity index (χ4n) is 2.30. The van der Waals surface area contributed by atoms with Crippen molar-refractivity contribution in [2.24, 2.45) is 0 Å². The minimum Gasteiger partial charge on any atom is -0.507 e. The van der Waals surface area contributed by atoms with Crippen LogP contribution in [-0.2, 0) is 0 Å². The molecule has 1 heterocycles. The highest BCUT2D eigenvalue weighted by Crippen LogP contribution is 2.28. The van der Waals surface area contributed by atoms with Crippen LogP contribution in [0.5, 0.6) is 17.2 Å². The van der Waals surface area contributed by atoms with Gasteiger partial charge in [0.1, 0.15) is 11.5 Å². The first-order valence-corrected chi connectivity index (χ1v) is 6.42. The zero-order valence-electron chi connectivity index (χ0n) is 11.6. The van der Waals surface area contributed by atoms with Crippen molar-refractivity contribution in [2.75, 3.05) is 7.11 Å². The van der Waals surface area contributed by atoms with E-state index in [9.17, 15) is 19.4 Å². The lowest BCUT2D eigenvalue weighted by atomic mass is 10.1. The monoisotopic (exact) mass is 301 g/mol. The number of methoxy groups -OCH3 is 1. The van der Waals surface area contributed by atoms with E-state index < -0.39 is 17.1 Å². The molecule has 2 N–H and O–H groups in total. The van der Waals surface area contributed by atoms with Crippen LogP contribution in [0.4, 0.5) is 4.39 Å². The standard InChI is InChI=1S/C16H12FNO4/c1-22-11-6-9-4-5-18(16(21)15(9)14(20)8-11)10-2-3-13(19)12(17)7-10/h2-8,19-20H,1H3. The molecular weight excluding hydrogens is 289 g/mol. The van der Waals surface area contributed by atoms with E-state index in [0.29, 0.717) is 11.1 Å². The summed E-state index contributed by atoms with van der Waals surface area (Å²) in [4.78, 5) is 12.5. The second-order valence-corrected chi connectivity index (χ2v) is 4.74. The van der Waals surface area contributed by atoms with Gasteiger partial charge in [0.2, 0.25) is 0 Å². The molecule has 22 heavy (non-hydrogen) atoms. The smallest absolute Gasteiger partial charge is 0.266 e. The summed E-state index contributed by atoms with van der Waals surface area (Å²) in [6.07, 6.45) is 1.47. The number of aromatic hydroxyl groups is 2. The average Bonchev–Trinajstić information content (AvgIpc) is 2.50. The molecule has 0 unspecified atom stereocenters. The molecule has 3 aromatic rings. The molecule has 6 heteroatoms. The summed E-state index contributed by atoms with van der Waals surface area (Å²) in [6.45, 7) is 0. The molecule has 2 aromatic carbocycles. The lowest BCUT2D eigenvalue weighted by Gasteiger charge is -2.10. The van der Waals surface area contributed by atoms with Crippen molar-refractivity contribution in [3.8, 4) is 22.9 Å². The Kier molecular flexibility index (Phi) is 3.21. The van der Waals surface area contributed by atoms with Gasteiger partial charge < -0.3 is 14.9 Å². The number of benzene rings is 2. The summed E-state index contributed by atoms with van der Waals surface area (Å²) in [5, 5.41) is 19.9. The van der Waals surface area contributed by atoms with Crippen molar-refractivity contribution in [3.63, 3.8) is 0 Å². The van der Waals surface area contributed by atoms with Gasteiger partial charge in [-0.25, -0.2) is 4.39 Å². The highest BCUT2D eigenvalue weighted by Gasteiger charge is 2.12. The van der Waals surface area contributed by atoms with Crippen molar-refractivity contribution in [2.45, 2.75) is 0 Å². The molecular formula is C16H12FNO4. The van der Waals surface area contributed by atoms with E-state index in [-0.39, 0.29) is 16.8 Å². The van der Waals surface area contributed by atoms with Crippen LogP contribution in [0.3, 0.4) is 0 Å². The van der Waals surface area contributed by atoms with Gasteiger partial charge in [0.15, 0.2) is 11.6 Å². The SMILES string of the molecule is COc1cc(O)c2c(=O)n(-c3ccc(O)c(F)c3)ccc2c1. The fourth-order valence-corrected chi connectivity index (χ4v) is 2.30. The van der Waals surface area contributed by atoms with Crippen LogP contribution in [0.15, 0.2) is 47.4 Å². The first-order valence-electron chi connectivity index (χ1n) is 6.42. The number of hydrogen-bond acceptors (Lipinski definition) is 4. The van der Waals surface area contributed by atoms with E-state index in [4.69, 9.17) is 4.74 Å². The van der Waals surface area contributed by atoms with Gasteiger partial charge in [0.05, 0.1) is 18.2 Å². The predicted octanol–water partition coefficient (Wildman–Crippen LogP) is 2.55. The van der Waals surface area contributed by atoms with E-state index in [1.807, 2.05) is 0 Å². The molecule has 0 aliphatic carbocycles. The van der Waals surface area contributed by atoms with Crippen molar-refractivity contribution < 1.29 is 19.3 Å². The predicted molar refractivity (Wildman–Crippen MR) is 79.4 cm³/mol. The number of ether oxygens (including phenoxy) is 1. The maximum Gasteiger partial charge on any atom is 0.266 e. The molecule has 0 aliphatic heterocycles. The third-order valence-corrected chi connectivity index (χ3v) is 3.40. The molecule has 1 aromatic heterocycles. The highest BCUT2D eigenvalue weighted by atomic mass is 19.1. The van der Waals surface area contributed by atoms with Crippen LogP contribution < -0.4 is 10.3 Å². The maximum absolute atomic E-state index is 13.5. The molecule has 0 amide bonds. The van der Waals surface area contributed by atoms with E-state index in [2.05, 4.69) is 0 Å². The van der Waals surface area contributed by atoms with Crippen LogP contribution in [0.1, 0.15) is 0 Å². The summed E-state index contributed by atoms with van der Waals surface area (Å²) in [5.74, 6) is -1.11. The van der Waals surface area contributed by atoms with Gasteiger partial charge in [-0.1, -0.05) is 0 Å². The molecule has 0 saturated carbocycles. The fraction of sp³-hybridized carbons (Fsp3) is 0.0625. The Morgan fingerprint density at radius 1 is 1.09 bits per heavy atom. The van der Waals surface area contributed by atoms with Crippen molar-refractivity contribution in [3.05, 3.63) is 58.8 Å². The largest absolute Gasteiger partial charge is 0.507 e. The van der Waals surface area contributed by atoms with Crippen molar-refractivity contribution >= 4 is 10.8 Å². The van der Waals surface area contributed by atoms with Gasteiger partial charge in [-0.05, 0) is 29.7 Å². The number of halogens is 1. The quantitative estimate of drug-likeness (QED) is 0.763. The number of nitrogens with zero attached hydrogens (tertiary/aromatic N) is 1. The summed E-state index contributed by atoms with van der Waals surface area (Å²) in [7, 11) is 1.46. The van der Waals surface area contributed by atoms with Crippen LogP contribution >= 0.6 is 0 Å². The number of hydrogen-bond donors (Lipinski definition) is 2. The molecule has 0 fully saturated rings. The number of fused-ring (bicyclic) bond motifs is 1. The highest BCUT2D eigenvalue weighted by molar-refractivity contribution is 5.88. The molecule has 0 spiro atoms. The van der Waals surface area contributed by atoms with E-state index in [1.54, 1.807) is 12.1 Å². The number of pyridine rings is 1. The summed E-state index contributed by atoms with van der Waals surface area (Å²) in [5.41, 5.74) is -0.250. The number of phenolic OH excluding ortho intramolecular Hbond substituents is 2. The molecule has 0 aliphatic rings. The summed E-state index contributed by atoms with van der Waals surface area (Å²) in [6, 6.07) is 8.19. The molecule has 0 atom stereocenters. The maximum atomic E-state index is 13.5. The van der Waals surface area contributed by atoms with Crippen molar-refractivity contribution in [1.29, 1.82) is 0 Å². The minimum absolute atomic E-state index is 0.108. The van der Waals surface area contributed by atoms with Crippen LogP contribution in [0, 0.1) is 5.82 Å². The Morgan fingerprint density at radius 2 is 1.86 bits per heavy atom. The zero-order valence-corrected chi connectivity index (χ0v) is 11.6. The lowest BCUT2D eigenvalue weighted by Crippen LogP contribution is -2.17. The zero-order chi connectivity index (χ0) is 15.9. The van der Waals surface area contributed by atoms with E-state index >= 15 is 0 Å². The van der Waals surface area contributed by atoms with Gasteiger partial charge in [0.25, 0.3) is 5.56 Å². The molecule has 5 nitrogen and oxygen atoms in total. The summed E-state index contributed by atoms with van der Waals surface area (Å²) < 4.78 is 19.7. The Labute approximate surface area is 124 Å². The normalized spacial score (nSPS) is 10.8. The average molecular weight is 301 g/mol. The van der Waals surface area contributed by atoms with Gasteiger partial charge in [-0.2, -0.15) is 0 Å². The molecule has 0 saturated heterocycles. The third-order valence-electron chi connectivity index (χ3n) is 3.40. The van der Waals surface area contributed by atoms with Gasteiger partial charge in [-0.15, -0.1) is 0 Å². The van der Waals surface area contributed by atoms with Gasteiger partial charge in [0, 0.05) is 18.3 Å². The Hall–Kier alpha value is -3.02. The van der Waals surface area contributed by atoms with Crippen LogP contribution in [0.2, 0.25) is 0 Å². The Balaban J connectivity index is 2.28. The topological polar surface area (TPSA) is 71.7 Å².